The van der Waals surface area contributed by atoms with E-state index in [1.165, 1.54) is 0 Å². The summed E-state index contributed by atoms with van der Waals surface area (Å²) in [5, 5.41) is 2.93. The Morgan fingerprint density at radius 1 is 1.16 bits per heavy atom. The summed E-state index contributed by atoms with van der Waals surface area (Å²) in [4.78, 5) is 15.6. The third kappa shape index (κ3) is 5.20. The van der Waals surface area contributed by atoms with Gasteiger partial charge in [0.2, 0.25) is 0 Å². The Hall–Kier alpha value is -1.71. The summed E-state index contributed by atoms with van der Waals surface area (Å²) in [6.45, 7) is 3.50. The van der Waals surface area contributed by atoms with E-state index < -0.39 is 0 Å². The van der Waals surface area contributed by atoms with Crippen LogP contribution in [-0.4, -0.2) is 38.6 Å². The minimum Gasteiger partial charge on any atom is -0.378 e. The molecule has 1 aromatic carbocycles. The Labute approximate surface area is 116 Å². The van der Waals surface area contributed by atoms with Gasteiger partial charge in [-0.05, 0) is 24.1 Å². The molecule has 0 aromatic heterocycles. The van der Waals surface area contributed by atoms with Gasteiger partial charge in [-0.2, -0.15) is 0 Å². The topological polar surface area (TPSA) is 35.6 Å². The lowest BCUT2D eigenvalue weighted by Gasteiger charge is -2.18. The number of anilines is 1. The molecule has 0 atom stereocenters. The van der Waals surface area contributed by atoms with Crippen LogP contribution in [0.3, 0.4) is 0 Å². The van der Waals surface area contributed by atoms with Crippen molar-refractivity contribution in [2.45, 2.75) is 26.3 Å². The molecule has 0 bridgehead atoms. The molecule has 4 heteroatoms. The van der Waals surface area contributed by atoms with Crippen LogP contribution in [0.5, 0.6) is 0 Å². The van der Waals surface area contributed by atoms with Crippen LogP contribution in [0.4, 0.5) is 10.5 Å². The molecule has 1 N–H and O–H groups in total. The van der Waals surface area contributed by atoms with E-state index >= 15 is 0 Å². The molecule has 0 fully saturated rings. The van der Waals surface area contributed by atoms with Gasteiger partial charge in [0.1, 0.15) is 0 Å². The number of amides is 2. The average molecular weight is 263 g/mol. The molecule has 1 aromatic rings. The normalized spacial score (nSPS) is 10.1. The third-order valence-electron chi connectivity index (χ3n) is 3.09. The van der Waals surface area contributed by atoms with Crippen molar-refractivity contribution in [1.29, 1.82) is 0 Å². The molecule has 1 rings (SSSR count). The van der Waals surface area contributed by atoms with E-state index in [1.54, 1.807) is 4.90 Å². The Kier molecular flexibility index (Phi) is 6.19. The number of rotatable bonds is 6. The van der Waals surface area contributed by atoms with Gasteiger partial charge in [0.25, 0.3) is 0 Å². The second kappa shape index (κ2) is 7.67. The first-order chi connectivity index (χ1) is 9.04. The molecule has 0 radical (unpaired) electrons. The molecule has 0 aliphatic carbocycles. The van der Waals surface area contributed by atoms with E-state index in [2.05, 4.69) is 29.3 Å². The summed E-state index contributed by atoms with van der Waals surface area (Å²) in [7, 11) is 5.86. The van der Waals surface area contributed by atoms with Crippen molar-refractivity contribution in [3.63, 3.8) is 0 Å². The molecule has 0 spiro atoms. The van der Waals surface area contributed by atoms with Gasteiger partial charge in [-0.25, -0.2) is 4.79 Å². The Morgan fingerprint density at radius 3 is 2.32 bits per heavy atom. The van der Waals surface area contributed by atoms with E-state index in [1.807, 2.05) is 33.3 Å². The van der Waals surface area contributed by atoms with Crippen molar-refractivity contribution < 1.29 is 4.79 Å². The number of hydrogen-bond acceptors (Lipinski definition) is 2. The maximum atomic E-state index is 11.8. The molecule has 0 saturated heterocycles. The molecule has 0 unspecified atom stereocenters. The van der Waals surface area contributed by atoms with Gasteiger partial charge < -0.3 is 15.1 Å². The fourth-order valence-corrected chi connectivity index (χ4v) is 1.72. The number of unbranched alkanes of at least 4 members (excludes halogenated alkanes) is 1. The van der Waals surface area contributed by atoms with Gasteiger partial charge in [0.15, 0.2) is 0 Å². The van der Waals surface area contributed by atoms with Crippen molar-refractivity contribution in [2.75, 3.05) is 32.6 Å². The quantitative estimate of drug-likeness (QED) is 0.856. The standard InChI is InChI=1S/C15H25N3O/c1-5-6-11-18(4)15(19)16-12-13-7-9-14(10-8-13)17(2)3/h7-10H,5-6,11-12H2,1-4H3,(H,16,19). The summed E-state index contributed by atoms with van der Waals surface area (Å²) in [6, 6.07) is 8.19. The molecular formula is C15H25N3O. The molecule has 4 nitrogen and oxygen atoms in total. The summed E-state index contributed by atoms with van der Waals surface area (Å²) in [5.74, 6) is 0. The lowest BCUT2D eigenvalue weighted by molar-refractivity contribution is 0.207. The first kappa shape index (κ1) is 15.3. The smallest absolute Gasteiger partial charge is 0.317 e. The van der Waals surface area contributed by atoms with Crippen LogP contribution < -0.4 is 10.2 Å². The monoisotopic (exact) mass is 263 g/mol. The second-order valence-electron chi connectivity index (χ2n) is 4.99. The third-order valence-corrected chi connectivity index (χ3v) is 3.09. The van der Waals surface area contributed by atoms with E-state index in [4.69, 9.17) is 0 Å². The fraction of sp³-hybridized carbons (Fsp3) is 0.533. The van der Waals surface area contributed by atoms with Crippen molar-refractivity contribution in [1.82, 2.24) is 10.2 Å². The van der Waals surface area contributed by atoms with E-state index in [-0.39, 0.29) is 6.03 Å². The Balaban J connectivity index is 2.41. The lowest BCUT2D eigenvalue weighted by Crippen LogP contribution is -2.37. The number of nitrogens with zero attached hydrogens (tertiary/aromatic N) is 2. The molecule has 106 valence electrons. The van der Waals surface area contributed by atoms with Gasteiger partial charge in [-0.15, -0.1) is 0 Å². The number of benzene rings is 1. The summed E-state index contributed by atoms with van der Waals surface area (Å²) in [5.41, 5.74) is 2.28. The van der Waals surface area contributed by atoms with Gasteiger partial charge in [0, 0.05) is 39.9 Å². The molecule has 0 aliphatic heterocycles. The maximum Gasteiger partial charge on any atom is 0.317 e. The molecule has 0 aliphatic rings. The molecule has 0 saturated carbocycles. The number of carbonyl (C=O) groups excluding carboxylic acids is 1. The van der Waals surface area contributed by atoms with Gasteiger partial charge in [0.05, 0.1) is 0 Å². The highest BCUT2D eigenvalue weighted by Gasteiger charge is 2.06. The minimum absolute atomic E-state index is 0.00913. The number of urea groups is 1. The van der Waals surface area contributed by atoms with Crippen LogP contribution >= 0.6 is 0 Å². The van der Waals surface area contributed by atoms with Gasteiger partial charge >= 0.3 is 6.03 Å². The van der Waals surface area contributed by atoms with Crippen molar-refractivity contribution in [3.05, 3.63) is 29.8 Å². The van der Waals surface area contributed by atoms with Gasteiger partial charge in [-0.3, -0.25) is 0 Å². The average Bonchev–Trinajstić information content (AvgIpc) is 2.42. The predicted molar refractivity (Wildman–Crippen MR) is 80.5 cm³/mol. The largest absolute Gasteiger partial charge is 0.378 e. The van der Waals surface area contributed by atoms with Crippen molar-refractivity contribution >= 4 is 11.7 Å². The zero-order valence-corrected chi connectivity index (χ0v) is 12.4. The fourth-order valence-electron chi connectivity index (χ4n) is 1.72. The maximum absolute atomic E-state index is 11.8. The SMILES string of the molecule is CCCCN(C)C(=O)NCc1ccc(N(C)C)cc1. The van der Waals surface area contributed by atoms with Crippen LogP contribution in [0.25, 0.3) is 0 Å². The predicted octanol–water partition coefficient (Wildman–Crippen LogP) is 2.69. The summed E-state index contributed by atoms with van der Waals surface area (Å²) >= 11 is 0. The number of nitrogens with one attached hydrogen (secondary N) is 1. The Bertz CT molecular complexity index is 387. The highest BCUT2D eigenvalue weighted by Crippen LogP contribution is 2.11. The molecule has 2 amide bonds. The highest BCUT2D eigenvalue weighted by atomic mass is 16.2. The van der Waals surface area contributed by atoms with E-state index in [9.17, 15) is 4.79 Å². The van der Waals surface area contributed by atoms with Crippen LogP contribution in [0.2, 0.25) is 0 Å². The van der Waals surface area contributed by atoms with E-state index in [0.29, 0.717) is 6.54 Å². The van der Waals surface area contributed by atoms with Crippen molar-refractivity contribution in [3.8, 4) is 0 Å². The molecule has 0 heterocycles. The number of hydrogen-bond donors (Lipinski definition) is 1. The summed E-state index contributed by atoms with van der Waals surface area (Å²) < 4.78 is 0. The minimum atomic E-state index is -0.00913. The van der Waals surface area contributed by atoms with Crippen LogP contribution in [-0.2, 0) is 6.54 Å². The number of carbonyl (C=O) groups is 1. The zero-order chi connectivity index (χ0) is 14.3. The van der Waals surface area contributed by atoms with Gasteiger partial charge in [-0.1, -0.05) is 25.5 Å². The van der Waals surface area contributed by atoms with Crippen LogP contribution in [0, 0.1) is 0 Å². The Morgan fingerprint density at radius 2 is 1.79 bits per heavy atom. The van der Waals surface area contributed by atoms with Crippen LogP contribution in [0.1, 0.15) is 25.3 Å². The first-order valence-electron chi connectivity index (χ1n) is 6.79. The van der Waals surface area contributed by atoms with Crippen LogP contribution in [0.15, 0.2) is 24.3 Å². The summed E-state index contributed by atoms with van der Waals surface area (Å²) in [6.07, 6.45) is 2.14. The van der Waals surface area contributed by atoms with E-state index in [0.717, 1.165) is 30.6 Å². The zero-order valence-electron chi connectivity index (χ0n) is 12.4. The lowest BCUT2D eigenvalue weighted by atomic mass is 10.2. The molecular weight excluding hydrogens is 238 g/mol. The first-order valence-corrected chi connectivity index (χ1v) is 6.79. The highest BCUT2D eigenvalue weighted by molar-refractivity contribution is 5.73. The molecule has 19 heavy (non-hydrogen) atoms. The second-order valence-corrected chi connectivity index (χ2v) is 4.99. The van der Waals surface area contributed by atoms with Crippen molar-refractivity contribution in [2.24, 2.45) is 0 Å².